The first kappa shape index (κ1) is 13.4. The molecule has 0 radical (unpaired) electrons. The van der Waals surface area contributed by atoms with Gasteiger partial charge in [0.25, 0.3) is 0 Å². The number of hydrogen-bond acceptors (Lipinski definition) is 3. The van der Waals surface area contributed by atoms with Crippen molar-refractivity contribution in [3.05, 3.63) is 29.8 Å². The van der Waals surface area contributed by atoms with Gasteiger partial charge in [0, 0.05) is 6.04 Å². The monoisotopic (exact) mass is 248 g/mol. The van der Waals surface area contributed by atoms with Crippen molar-refractivity contribution in [3.8, 4) is 5.75 Å². The summed E-state index contributed by atoms with van der Waals surface area (Å²) in [7, 11) is 0. The Bertz CT molecular complexity index is 369. The lowest BCUT2D eigenvalue weighted by Crippen LogP contribution is -2.28. The van der Waals surface area contributed by atoms with Crippen molar-refractivity contribution in [2.75, 3.05) is 26.2 Å². The Morgan fingerprint density at radius 2 is 2.22 bits per heavy atom. The highest BCUT2D eigenvalue weighted by Crippen LogP contribution is 2.37. The Balaban J connectivity index is 2.24. The van der Waals surface area contributed by atoms with E-state index in [1.165, 1.54) is 12.0 Å². The first-order valence-electron chi connectivity index (χ1n) is 6.97. The van der Waals surface area contributed by atoms with E-state index in [0.717, 1.165) is 25.4 Å². The number of ether oxygens (including phenoxy) is 1. The van der Waals surface area contributed by atoms with Crippen LogP contribution in [0.1, 0.15) is 31.9 Å². The lowest BCUT2D eigenvalue weighted by molar-refractivity contribution is 0.241. The zero-order valence-electron chi connectivity index (χ0n) is 11.4. The topological polar surface area (TPSA) is 38.5 Å². The van der Waals surface area contributed by atoms with Crippen LogP contribution in [0.25, 0.3) is 0 Å². The van der Waals surface area contributed by atoms with Crippen LogP contribution >= 0.6 is 0 Å². The predicted octanol–water partition coefficient (Wildman–Crippen LogP) is 2.43. The van der Waals surface area contributed by atoms with Gasteiger partial charge in [0.15, 0.2) is 0 Å². The van der Waals surface area contributed by atoms with Gasteiger partial charge in [-0.1, -0.05) is 19.1 Å². The number of rotatable bonds is 5. The van der Waals surface area contributed by atoms with Gasteiger partial charge in [-0.25, -0.2) is 0 Å². The molecule has 2 N–H and O–H groups in total. The van der Waals surface area contributed by atoms with Crippen molar-refractivity contribution in [2.45, 2.75) is 26.3 Å². The third-order valence-electron chi connectivity index (χ3n) is 3.85. The zero-order valence-corrected chi connectivity index (χ0v) is 11.4. The molecule has 0 bridgehead atoms. The quantitative estimate of drug-likeness (QED) is 0.869. The van der Waals surface area contributed by atoms with Crippen LogP contribution in [0, 0.1) is 5.92 Å². The Morgan fingerprint density at radius 1 is 1.39 bits per heavy atom. The van der Waals surface area contributed by atoms with Crippen LogP contribution in [-0.2, 0) is 0 Å². The lowest BCUT2D eigenvalue weighted by Gasteiger charge is -2.27. The van der Waals surface area contributed by atoms with Gasteiger partial charge in [-0.2, -0.15) is 0 Å². The summed E-state index contributed by atoms with van der Waals surface area (Å²) in [4.78, 5) is 2.52. The fraction of sp³-hybridized carbons (Fsp3) is 0.600. The Morgan fingerprint density at radius 3 is 2.89 bits per heavy atom. The molecular weight excluding hydrogens is 224 g/mol. The minimum atomic E-state index is 0.459. The molecule has 2 rings (SSSR count). The summed E-state index contributed by atoms with van der Waals surface area (Å²) in [5.74, 6) is 1.54. The van der Waals surface area contributed by atoms with Gasteiger partial charge in [-0.3, -0.25) is 4.90 Å². The highest BCUT2D eigenvalue weighted by molar-refractivity contribution is 5.31. The first-order chi connectivity index (χ1) is 8.80. The number of hydrogen-bond donors (Lipinski definition) is 1. The van der Waals surface area contributed by atoms with Crippen LogP contribution in [0.3, 0.4) is 0 Å². The second-order valence-corrected chi connectivity index (χ2v) is 4.86. The number of likely N-dealkylation sites (tertiary alicyclic amines) is 1. The van der Waals surface area contributed by atoms with Gasteiger partial charge in [0.1, 0.15) is 5.75 Å². The van der Waals surface area contributed by atoms with E-state index in [4.69, 9.17) is 10.5 Å². The predicted molar refractivity (Wildman–Crippen MR) is 74.8 cm³/mol. The number of nitrogens with zero attached hydrogens (tertiary/aromatic N) is 1. The summed E-state index contributed by atoms with van der Waals surface area (Å²) in [6.07, 6.45) is 1.20. The van der Waals surface area contributed by atoms with E-state index in [9.17, 15) is 0 Å². The lowest BCUT2D eigenvalue weighted by atomic mass is 9.93. The molecule has 1 aromatic rings. The van der Waals surface area contributed by atoms with Gasteiger partial charge in [0.05, 0.1) is 6.61 Å². The zero-order chi connectivity index (χ0) is 13.0. The highest BCUT2D eigenvalue weighted by atomic mass is 16.5. The van der Waals surface area contributed by atoms with Crippen LogP contribution in [-0.4, -0.2) is 31.1 Å². The molecule has 0 spiro atoms. The highest BCUT2D eigenvalue weighted by Gasteiger charge is 2.33. The van der Waals surface area contributed by atoms with Gasteiger partial charge in [-0.15, -0.1) is 0 Å². The van der Waals surface area contributed by atoms with Crippen LogP contribution in [0.15, 0.2) is 24.3 Å². The molecule has 3 heteroatoms. The molecule has 1 fully saturated rings. The molecule has 1 aliphatic heterocycles. The molecule has 1 saturated heterocycles. The summed E-state index contributed by atoms with van der Waals surface area (Å²) < 4.78 is 5.59. The second-order valence-electron chi connectivity index (χ2n) is 4.86. The van der Waals surface area contributed by atoms with Crippen LogP contribution in [0.5, 0.6) is 5.75 Å². The molecule has 1 aliphatic rings. The molecule has 1 heterocycles. The molecule has 100 valence electrons. The van der Waals surface area contributed by atoms with Crippen molar-refractivity contribution >= 4 is 0 Å². The number of nitrogens with two attached hydrogens (primary N) is 1. The van der Waals surface area contributed by atoms with Crippen molar-refractivity contribution in [3.63, 3.8) is 0 Å². The maximum Gasteiger partial charge on any atom is 0.119 e. The maximum absolute atomic E-state index is 5.92. The van der Waals surface area contributed by atoms with Crippen LogP contribution in [0.2, 0.25) is 0 Å². The van der Waals surface area contributed by atoms with Crippen molar-refractivity contribution in [1.82, 2.24) is 4.90 Å². The number of benzene rings is 1. The minimum absolute atomic E-state index is 0.459. The summed E-state index contributed by atoms with van der Waals surface area (Å²) in [6, 6.07) is 8.94. The fourth-order valence-electron chi connectivity index (χ4n) is 2.97. The van der Waals surface area contributed by atoms with E-state index in [1.54, 1.807) is 0 Å². The van der Waals surface area contributed by atoms with E-state index >= 15 is 0 Å². The molecule has 0 saturated carbocycles. The minimum Gasteiger partial charge on any atom is -0.494 e. The van der Waals surface area contributed by atoms with E-state index in [1.807, 2.05) is 13.0 Å². The summed E-state index contributed by atoms with van der Waals surface area (Å²) in [6.45, 7) is 7.95. The van der Waals surface area contributed by atoms with Gasteiger partial charge >= 0.3 is 0 Å². The van der Waals surface area contributed by atoms with Crippen molar-refractivity contribution < 1.29 is 4.74 Å². The van der Waals surface area contributed by atoms with E-state index in [2.05, 4.69) is 30.0 Å². The van der Waals surface area contributed by atoms with Gasteiger partial charge in [-0.05, 0) is 56.6 Å². The van der Waals surface area contributed by atoms with Crippen molar-refractivity contribution in [2.24, 2.45) is 11.7 Å². The molecule has 0 aliphatic carbocycles. The molecule has 0 amide bonds. The Labute approximate surface area is 110 Å². The van der Waals surface area contributed by atoms with Crippen LogP contribution < -0.4 is 10.5 Å². The molecule has 0 aromatic heterocycles. The molecule has 18 heavy (non-hydrogen) atoms. The fourth-order valence-corrected chi connectivity index (χ4v) is 2.97. The van der Waals surface area contributed by atoms with Crippen molar-refractivity contribution in [1.29, 1.82) is 0 Å². The molecule has 2 atom stereocenters. The largest absolute Gasteiger partial charge is 0.494 e. The van der Waals surface area contributed by atoms with Gasteiger partial charge < -0.3 is 10.5 Å². The smallest absolute Gasteiger partial charge is 0.119 e. The molecule has 1 aromatic carbocycles. The summed E-state index contributed by atoms with van der Waals surface area (Å²) >= 11 is 0. The third-order valence-corrected chi connectivity index (χ3v) is 3.85. The first-order valence-corrected chi connectivity index (χ1v) is 6.97. The van der Waals surface area contributed by atoms with Gasteiger partial charge in [0.2, 0.25) is 0 Å². The SMILES string of the molecule is CCOc1cccc(C2C(CN)CCN2CC)c1. The normalized spacial score (nSPS) is 24.4. The third kappa shape index (κ3) is 2.68. The molecule has 3 nitrogen and oxygen atoms in total. The Kier molecular flexibility index (Phi) is 4.61. The molecular formula is C15H24N2O. The van der Waals surface area contributed by atoms with E-state index in [0.29, 0.717) is 18.6 Å². The van der Waals surface area contributed by atoms with Crippen LogP contribution in [0.4, 0.5) is 0 Å². The summed E-state index contributed by atoms with van der Waals surface area (Å²) in [5, 5.41) is 0. The Hall–Kier alpha value is -1.06. The van der Waals surface area contributed by atoms with E-state index in [-0.39, 0.29) is 0 Å². The summed E-state index contributed by atoms with van der Waals surface area (Å²) in [5.41, 5.74) is 7.26. The standard InChI is InChI=1S/C15H24N2O/c1-3-17-9-8-13(11-16)15(17)12-6-5-7-14(10-12)18-4-2/h5-7,10,13,15H,3-4,8-9,11,16H2,1-2H3. The molecule has 2 unspecified atom stereocenters. The average molecular weight is 248 g/mol. The second kappa shape index (κ2) is 6.21. The average Bonchev–Trinajstić information content (AvgIpc) is 2.82. The van der Waals surface area contributed by atoms with E-state index < -0.39 is 0 Å². The maximum atomic E-state index is 5.92.